The minimum Gasteiger partial charge on any atom is -0.328 e. The lowest BCUT2D eigenvalue weighted by Crippen LogP contribution is -2.40. The van der Waals surface area contributed by atoms with Crippen LogP contribution in [0.1, 0.15) is 24.4 Å². The number of halogens is 4. The first-order chi connectivity index (χ1) is 9.60. The number of alkyl halides is 3. The van der Waals surface area contributed by atoms with Crippen molar-refractivity contribution in [3.63, 3.8) is 0 Å². The molecule has 1 saturated heterocycles. The van der Waals surface area contributed by atoms with Gasteiger partial charge < -0.3 is 4.90 Å². The molecule has 1 fully saturated rings. The molecule has 1 aromatic carbocycles. The SMILES string of the molecule is O=C(N1CCCC1c1ccc(S(=O)(=O)I)cc1)C(F)(F)F. The zero-order valence-corrected chi connectivity index (χ0v) is 13.6. The molecule has 1 aromatic rings. The van der Waals surface area contributed by atoms with Gasteiger partial charge in [-0.15, -0.1) is 0 Å². The second-order valence-electron chi connectivity index (χ2n) is 4.66. The Balaban J connectivity index is 2.27. The van der Waals surface area contributed by atoms with Gasteiger partial charge in [0.15, 0.2) is 0 Å². The Morgan fingerprint density at radius 3 is 2.29 bits per heavy atom. The maximum atomic E-state index is 12.5. The van der Waals surface area contributed by atoms with Crippen LogP contribution in [0.5, 0.6) is 0 Å². The lowest BCUT2D eigenvalue weighted by Gasteiger charge is -2.26. The minimum absolute atomic E-state index is 0.0509. The third-order valence-electron chi connectivity index (χ3n) is 3.30. The molecule has 0 bridgehead atoms. The molecule has 116 valence electrons. The molecule has 1 heterocycles. The van der Waals surface area contributed by atoms with E-state index in [9.17, 15) is 26.4 Å². The second-order valence-corrected chi connectivity index (χ2v) is 9.49. The van der Waals surface area contributed by atoms with Gasteiger partial charge >= 0.3 is 12.1 Å². The molecule has 0 saturated carbocycles. The number of benzene rings is 1. The van der Waals surface area contributed by atoms with Crippen LogP contribution < -0.4 is 0 Å². The Labute approximate surface area is 131 Å². The molecular formula is C12H11F3INO3S. The van der Waals surface area contributed by atoms with E-state index in [1.54, 1.807) is 0 Å². The molecule has 2 rings (SSSR count). The number of carbonyl (C=O) groups excluding carboxylic acids is 1. The number of hydrogen-bond acceptors (Lipinski definition) is 3. The summed E-state index contributed by atoms with van der Waals surface area (Å²) >= 11 is 1.29. The summed E-state index contributed by atoms with van der Waals surface area (Å²) in [6.07, 6.45) is -3.98. The van der Waals surface area contributed by atoms with Crippen LogP contribution in [0.15, 0.2) is 29.2 Å². The van der Waals surface area contributed by atoms with Gasteiger partial charge in [0.25, 0.3) is 0 Å². The van der Waals surface area contributed by atoms with Gasteiger partial charge in [-0.1, -0.05) is 12.1 Å². The molecule has 1 aliphatic rings. The van der Waals surface area contributed by atoms with Crippen molar-refractivity contribution in [2.24, 2.45) is 0 Å². The summed E-state index contributed by atoms with van der Waals surface area (Å²) < 4.78 is 60.3. The summed E-state index contributed by atoms with van der Waals surface area (Å²) in [5, 5.41) is 0. The summed E-state index contributed by atoms with van der Waals surface area (Å²) in [6, 6.07) is 4.93. The van der Waals surface area contributed by atoms with Crippen LogP contribution in [-0.2, 0) is 11.8 Å². The third-order valence-corrected chi connectivity index (χ3v) is 5.66. The second kappa shape index (κ2) is 5.75. The molecule has 0 aromatic heterocycles. The highest BCUT2D eigenvalue weighted by Gasteiger charge is 2.46. The Hall–Kier alpha value is -0.840. The van der Waals surface area contributed by atoms with E-state index in [2.05, 4.69) is 0 Å². The molecule has 21 heavy (non-hydrogen) atoms. The molecule has 1 unspecified atom stereocenters. The monoisotopic (exact) mass is 433 g/mol. The molecule has 0 radical (unpaired) electrons. The first kappa shape index (κ1) is 16.5. The molecule has 1 amide bonds. The van der Waals surface area contributed by atoms with Crippen molar-refractivity contribution in [1.82, 2.24) is 4.90 Å². The normalized spacial score (nSPS) is 19.8. The van der Waals surface area contributed by atoms with Crippen LogP contribution in [0.3, 0.4) is 0 Å². The van der Waals surface area contributed by atoms with Crippen molar-refractivity contribution in [1.29, 1.82) is 0 Å². The lowest BCUT2D eigenvalue weighted by atomic mass is 10.0. The third kappa shape index (κ3) is 3.68. The standard InChI is InChI=1S/C12H11F3INO3S/c13-12(14,15)11(18)17-7-1-2-10(17)8-3-5-9(6-4-8)21(16,19)20/h3-6,10H,1-2,7H2. The molecule has 9 heteroatoms. The maximum absolute atomic E-state index is 12.5. The fraction of sp³-hybridized carbons (Fsp3) is 0.417. The Morgan fingerprint density at radius 1 is 1.24 bits per heavy atom. The zero-order chi connectivity index (χ0) is 15.8. The predicted octanol–water partition coefficient (Wildman–Crippen LogP) is 3.04. The van der Waals surface area contributed by atoms with Gasteiger partial charge in [-0.05, 0) is 30.5 Å². The topological polar surface area (TPSA) is 54.5 Å². The molecule has 0 N–H and O–H groups in total. The first-order valence-electron chi connectivity index (χ1n) is 6.03. The van der Waals surface area contributed by atoms with Crippen LogP contribution in [0, 0.1) is 0 Å². The molecule has 0 aliphatic carbocycles. The predicted molar refractivity (Wildman–Crippen MR) is 77.4 cm³/mol. The smallest absolute Gasteiger partial charge is 0.328 e. The first-order valence-corrected chi connectivity index (χ1v) is 10.1. The van der Waals surface area contributed by atoms with E-state index in [0.717, 1.165) is 4.90 Å². The molecule has 4 nitrogen and oxygen atoms in total. The van der Waals surface area contributed by atoms with Crippen molar-refractivity contribution in [2.75, 3.05) is 6.54 Å². The highest BCUT2D eigenvalue weighted by atomic mass is 127. The van der Waals surface area contributed by atoms with E-state index in [-0.39, 0.29) is 11.4 Å². The van der Waals surface area contributed by atoms with Crippen LogP contribution >= 0.6 is 21.2 Å². The maximum Gasteiger partial charge on any atom is 0.471 e. The number of likely N-dealkylation sites (tertiary alicyclic amines) is 1. The fourth-order valence-electron chi connectivity index (χ4n) is 2.37. The highest BCUT2D eigenvalue weighted by molar-refractivity contribution is 14.2. The fourth-order valence-corrected chi connectivity index (χ4v) is 3.71. The van der Waals surface area contributed by atoms with Crippen LogP contribution in [0.4, 0.5) is 13.2 Å². The van der Waals surface area contributed by atoms with Crippen molar-refractivity contribution in [3.05, 3.63) is 29.8 Å². The van der Waals surface area contributed by atoms with Crippen molar-refractivity contribution >= 4 is 34.1 Å². The van der Waals surface area contributed by atoms with Crippen LogP contribution in [0.2, 0.25) is 0 Å². The Kier molecular flexibility index (Phi) is 4.52. The highest BCUT2D eigenvalue weighted by Crippen LogP contribution is 2.35. The van der Waals surface area contributed by atoms with E-state index in [4.69, 9.17) is 0 Å². The average molecular weight is 433 g/mol. The van der Waals surface area contributed by atoms with E-state index in [1.165, 1.54) is 45.5 Å². The van der Waals surface area contributed by atoms with E-state index in [1.807, 2.05) is 0 Å². The number of amides is 1. The van der Waals surface area contributed by atoms with Gasteiger partial charge in [0.2, 0.25) is 7.01 Å². The lowest BCUT2D eigenvalue weighted by molar-refractivity contribution is -0.186. The number of hydrogen-bond donors (Lipinski definition) is 0. The van der Waals surface area contributed by atoms with Gasteiger partial charge in [-0.2, -0.15) is 13.2 Å². The summed E-state index contributed by atoms with van der Waals surface area (Å²) in [5.74, 6) is -1.85. The summed E-state index contributed by atoms with van der Waals surface area (Å²) in [5.41, 5.74) is 0.508. The van der Waals surface area contributed by atoms with Crippen molar-refractivity contribution in [2.45, 2.75) is 30.0 Å². The van der Waals surface area contributed by atoms with Gasteiger partial charge in [-0.25, -0.2) is 8.42 Å². The largest absolute Gasteiger partial charge is 0.471 e. The minimum atomic E-state index is -4.89. The van der Waals surface area contributed by atoms with Crippen LogP contribution in [-0.4, -0.2) is 31.9 Å². The van der Waals surface area contributed by atoms with Gasteiger partial charge in [0, 0.05) is 6.54 Å². The average Bonchev–Trinajstić information content (AvgIpc) is 2.84. The van der Waals surface area contributed by atoms with E-state index < -0.39 is 25.1 Å². The number of nitrogens with zero attached hydrogens (tertiary/aromatic N) is 1. The molecule has 1 aliphatic heterocycles. The van der Waals surface area contributed by atoms with E-state index >= 15 is 0 Å². The van der Waals surface area contributed by atoms with Crippen LogP contribution in [0.25, 0.3) is 0 Å². The van der Waals surface area contributed by atoms with Gasteiger partial charge in [0.05, 0.1) is 32.1 Å². The summed E-state index contributed by atoms with van der Waals surface area (Å²) in [6.45, 7) is 0.0509. The van der Waals surface area contributed by atoms with Crippen molar-refractivity contribution < 1.29 is 26.4 Å². The Bertz CT molecular complexity index is 643. The van der Waals surface area contributed by atoms with Gasteiger partial charge in [-0.3, -0.25) is 4.79 Å². The van der Waals surface area contributed by atoms with E-state index in [0.29, 0.717) is 18.4 Å². The number of rotatable bonds is 2. The summed E-state index contributed by atoms with van der Waals surface area (Å²) in [7, 11) is -3.39. The molecular weight excluding hydrogens is 422 g/mol. The Morgan fingerprint density at radius 2 is 1.81 bits per heavy atom. The van der Waals surface area contributed by atoms with Gasteiger partial charge in [0.1, 0.15) is 0 Å². The molecule has 0 spiro atoms. The number of carbonyl (C=O) groups is 1. The van der Waals surface area contributed by atoms with Crippen molar-refractivity contribution in [3.8, 4) is 0 Å². The molecule has 1 atom stereocenters. The quantitative estimate of drug-likeness (QED) is 0.533. The zero-order valence-electron chi connectivity index (χ0n) is 10.6. The summed E-state index contributed by atoms with van der Waals surface area (Å²) in [4.78, 5) is 12.3.